The normalized spacial score (nSPS) is 13.7. The molecule has 0 N–H and O–H groups in total. The number of hydrogen-bond acceptors (Lipinski definition) is 2. The number of fused-ring (bicyclic) bond motifs is 10. The molecule has 2 nitrogen and oxygen atoms in total. The first-order valence-electron chi connectivity index (χ1n) is 9.29. The van der Waals surface area contributed by atoms with Crippen molar-refractivity contribution in [1.82, 2.24) is 0 Å². The molecule has 1 aliphatic carbocycles. The third-order valence-corrected chi connectivity index (χ3v) is 5.80. The minimum absolute atomic E-state index is 0.429. The van der Waals surface area contributed by atoms with E-state index in [9.17, 15) is 9.59 Å². The zero-order chi connectivity index (χ0) is 18.8. The van der Waals surface area contributed by atoms with Crippen LogP contribution in [0.2, 0.25) is 0 Å². The Bertz CT molecular complexity index is 1540. The molecule has 0 heterocycles. The van der Waals surface area contributed by atoms with Gasteiger partial charge in [0.25, 0.3) is 0 Å². The highest BCUT2D eigenvalue weighted by Crippen LogP contribution is 2.41. The van der Waals surface area contributed by atoms with E-state index in [1.165, 1.54) is 27.6 Å². The maximum atomic E-state index is 12.5. The molecule has 130 valence electrons. The van der Waals surface area contributed by atoms with E-state index in [2.05, 4.69) is 42.5 Å². The Morgan fingerprint density at radius 1 is 0.500 bits per heavy atom. The number of rotatable bonds is 0. The second-order valence-corrected chi connectivity index (χ2v) is 7.23. The van der Waals surface area contributed by atoms with Gasteiger partial charge >= 0.3 is 0 Å². The molecule has 0 spiro atoms. The third-order valence-electron chi connectivity index (χ3n) is 5.80. The zero-order valence-corrected chi connectivity index (χ0v) is 14.9. The Morgan fingerprint density at radius 2 is 1.18 bits per heavy atom. The van der Waals surface area contributed by atoms with E-state index >= 15 is 0 Å². The Balaban J connectivity index is 1.98. The van der Waals surface area contributed by atoms with Gasteiger partial charge in [0, 0.05) is 5.56 Å². The van der Waals surface area contributed by atoms with Crippen molar-refractivity contribution < 1.29 is 9.59 Å². The number of allylic oxidation sites excluding steroid dienone is 1. The van der Waals surface area contributed by atoms with Crippen LogP contribution >= 0.6 is 0 Å². The third kappa shape index (κ3) is 1.87. The van der Waals surface area contributed by atoms with Crippen molar-refractivity contribution in [2.45, 2.75) is 0 Å². The molecule has 0 saturated carbocycles. The van der Waals surface area contributed by atoms with Crippen molar-refractivity contribution in [1.29, 1.82) is 0 Å². The molecule has 28 heavy (non-hydrogen) atoms. The lowest BCUT2D eigenvalue weighted by molar-refractivity contribution is -0.110. The van der Waals surface area contributed by atoms with Gasteiger partial charge in [-0.15, -0.1) is 0 Å². The van der Waals surface area contributed by atoms with E-state index in [-0.39, 0.29) is 0 Å². The van der Waals surface area contributed by atoms with Crippen LogP contribution in [-0.4, -0.2) is 11.6 Å². The maximum Gasteiger partial charge on any atom is 0.233 e. The molecule has 0 radical (unpaired) electrons. The molecule has 0 saturated heterocycles. The molecule has 2 heteroatoms. The first kappa shape index (κ1) is 15.3. The minimum atomic E-state index is -0.456. The van der Waals surface area contributed by atoms with Gasteiger partial charge in [-0.25, -0.2) is 0 Å². The SMILES string of the molecule is O=C1C=Cc2c(ccc3c2c2ccccc2c2ccc4ccccc4c23)C1=O. The van der Waals surface area contributed by atoms with Crippen molar-refractivity contribution in [3.05, 3.63) is 90.0 Å². The van der Waals surface area contributed by atoms with Crippen LogP contribution in [0.4, 0.5) is 0 Å². The molecule has 0 aliphatic heterocycles. The molecular formula is C26H14O2. The summed E-state index contributed by atoms with van der Waals surface area (Å²) in [7, 11) is 0. The summed E-state index contributed by atoms with van der Waals surface area (Å²) in [5.74, 6) is -0.885. The Kier molecular flexibility index (Phi) is 2.93. The van der Waals surface area contributed by atoms with Crippen molar-refractivity contribution in [2.75, 3.05) is 0 Å². The maximum absolute atomic E-state index is 12.5. The number of carbonyl (C=O) groups is 2. The van der Waals surface area contributed by atoms with Crippen LogP contribution in [0.5, 0.6) is 0 Å². The number of benzene rings is 5. The lowest BCUT2D eigenvalue weighted by atomic mass is 9.85. The van der Waals surface area contributed by atoms with E-state index in [0.29, 0.717) is 5.56 Å². The summed E-state index contributed by atoms with van der Waals surface area (Å²) in [6.45, 7) is 0. The highest BCUT2D eigenvalue weighted by molar-refractivity contribution is 6.51. The lowest BCUT2D eigenvalue weighted by Gasteiger charge is -2.17. The van der Waals surface area contributed by atoms with Gasteiger partial charge in [0.05, 0.1) is 0 Å². The fourth-order valence-corrected chi connectivity index (χ4v) is 4.58. The Labute approximate surface area is 160 Å². The first-order valence-corrected chi connectivity index (χ1v) is 9.29. The molecule has 0 bridgehead atoms. The molecule has 5 aromatic carbocycles. The van der Waals surface area contributed by atoms with Gasteiger partial charge < -0.3 is 0 Å². The molecule has 6 rings (SSSR count). The smallest absolute Gasteiger partial charge is 0.233 e. The number of ketones is 2. The van der Waals surface area contributed by atoms with Crippen LogP contribution in [0, 0.1) is 0 Å². The standard InChI is InChI=1S/C26H14O2/c27-23-14-13-20-21(26(23)28)11-12-22-24-16-6-2-1-5-15(16)9-10-19(24)17-7-3-4-8-18(17)25(20)22/h1-14H. The van der Waals surface area contributed by atoms with Crippen LogP contribution in [0.1, 0.15) is 15.9 Å². The monoisotopic (exact) mass is 358 g/mol. The van der Waals surface area contributed by atoms with Crippen LogP contribution in [0.25, 0.3) is 49.2 Å². The summed E-state index contributed by atoms with van der Waals surface area (Å²) in [5, 5.41) is 9.16. The van der Waals surface area contributed by atoms with Crippen molar-refractivity contribution >= 4 is 60.7 Å². The summed E-state index contributed by atoms with van der Waals surface area (Å²) in [5.41, 5.74) is 1.33. The highest BCUT2D eigenvalue weighted by atomic mass is 16.2. The van der Waals surface area contributed by atoms with Crippen molar-refractivity contribution in [3.8, 4) is 0 Å². The average molecular weight is 358 g/mol. The van der Waals surface area contributed by atoms with E-state index in [4.69, 9.17) is 0 Å². The fraction of sp³-hybridized carbons (Fsp3) is 0. The second-order valence-electron chi connectivity index (χ2n) is 7.23. The molecule has 0 aromatic heterocycles. The second kappa shape index (κ2) is 5.37. The summed E-state index contributed by atoms with van der Waals surface area (Å²) < 4.78 is 0. The number of hydrogen-bond donors (Lipinski definition) is 0. The van der Waals surface area contributed by atoms with E-state index in [0.717, 1.165) is 27.1 Å². The minimum Gasteiger partial charge on any atom is -0.286 e. The van der Waals surface area contributed by atoms with Crippen LogP contribution < -0.4 is 0 Å². The molecule has 5 aromatic rings. The molecule has 1 aliphatic rings. The van der Waals surface area contributed by atoms with Crippen LogP contribution in [0.3, 0.4) is 0 Å². The van der Waals surface area contributed by atoms with Gasteiger partial charge in [-0.2, -0.15) is 0 Å². The van der Waals surface area contributed by atoms with E-state index < -0.39 is 11.6 Å². The number of Topliss-reactive ketones (excluding diaryl/α,β-unsaturated/α-hetero) is 1. The topological polar surface area (TPSA) is 34.1 Å². The molecule has 0 amide bonds. The fourth-order valence-electron chi connectivity index (χ4n) is 4.58. The van der Waals surface area contributed by atoms with Gasteiger partial charge in [-0.05, 0) is 66.9 Å². The van der Waals surface area contributed by atoms with Gasteiger partial charge in [-0.3, -0.25) is 9.59 Å². The Morgan fingerprint density at radius 3 is 2.04 bits per heavy atom. The predicted octanol–water partition coefficient (Wildman–Crippen LogP) is 6.08. The van der Waals surface area contributed by atoms with Gasteiger partial charge in [0.15, 0.2) is 0 Å². The molecule has 0 unspecified atom stereocenters. The van der Waals surface area contributed by atoms with Crippen molar-refractivity contribution in [2.24, 2.45) is 0 Å². The average Bonchev–Trinajstić information content (AvgIpc) is 2.75. The van der Waals surface area contributed by atoms with Crippen molar-refractivity contribution in [3.63, 3.8) is 0 Å². The number of carbonyl (C=O) groups excluding carboxylic acids is 2. The Hall–Kier alpha value is -3.78. The zero-order valence-electron chi connectivity index (χ0n) is 14.9. The van der Waals surface area contributed by atoms with E-state index in [1.54, 1.807) is 12.1 Å². The van der Waals surface area contributed by atoms with Crippen LogP contribution in [-0.2, 0) is 4.79 Å². The summed E-state index contributed by atoms with van der Waals surface area (Å²) >= 11 is 0. The molecular weight excluding hydrogens is 344 g/mol. The summed E-state index contributed by atoms with van der Waals surface area (Å²) in [6, 6.07) is 24.8. The highest BCUT2D eigenvalue weighted by Gasteiger charge is 2.24. The summed E-state index contributed by atoms with van der Waals surface area (Å²) in [6.07, 6.45) is 3.19. The van der Waals surface area contributed by atoms with Gasteiger partial charge in [0.2, 0.25) is 11.6 Å². The molecule has 0 atom stereocenters. The summed E-state index contributed by atoms with van der Waals surface area (Å²) in [4.78, 5) is 24.4. The lowest BCUT2D eigenvalue weighted by Crippen LogP contribution is -2.16. The van der Waals surface area contributed by atoms with Gasteiger partial charge in [-0.1, -0.05) is 66.7 Å². The predicted molar refractivity (Wildman–Crippen MR) is 115 cm³/mol. The van der Waals surface area contributed by atoms with Gasteiger partial charge in [0.1, 0.15) is 0 Å². The molecule has 0 fully saturated rings. The quantitative estimate of drug-likeness (QED) is 0.248. The van der Waals surface area contributed by atoms with E-state index in [1.807, 2.05) is 24.3 Å². The van der Waals surface area contributed by atoms with Crippen LogP contribution in [0.15, 0.2) is 78.9 Å². The largest absolute Gasteiger partial charge is 0.286 e. The first-order chi connectivity index (χ1) is 13.7.